The van der Waals surface area contributed by atoms with Gasteiger partial charge in [0, 0.05) is 6.42 Å². The van der Waals surface area contributed by atoms with Crippen molar-refractivity contribution in [2.45, 2.75) is 65.1 Å². The highest BCUT2D eigenvalue weighted by atomic mass is 28.4. The normalized spacial score (nSPS) is 13.8. The van der Waals surface area contributed by atoms with Gasteiger partial charge in [0.1, 0.15) is 0 Å². The molecule has 0 fully saturated rings. The lowest BCUT2D eigenvalue weighted by molar-refractivity contribution is 0.365. The molecular weight excluding hydrogens is 212 g/mol. The molecule has 2 heteroatoms. The van der Waals surface area contributed by atoms with Crippen molar-refractivity contribution in [3.8, 4) is 0 Å². The second kappa shape index (κ2) is 6.29. The lowest BCUT2D eigenvalue weighted by atomic mass is 10.2. The highest BCUT2D eigenvalue weighted by molar-refractivity contribution is 6.74. The molecule has 0 radical (unpaired) electrons. The predicted octanol–water partition coefficient (Wildman–Crippen LogP) is 5.27. The first-order valence-corrected chi connectivity index (χ1v) is 9.14. The summed E-state index contributed by atoms with van der Waals surface area (Å²) in [4.78, 5) is 0. The summed E-state index contributed by atoms with van der Waals surface area (Å²) in [6, 6.07) is 0. The van der Waals surface area contributed by atoms with Gasteiger partial charge in [-0.1, -0.05) is 33.8 Å². The molecule has 0 N–H and O–H groups in total. The summed E-state index contributed by atoms with van der Waals surface area (Å²) >= 11 is 0. The molecule has 0 aliphatic rings. The summed E-state index contributed by atoms with van der Waals surface area (Å²) in [7, 11) is -1.66. The van der Waals surface area contributed by atoms with Crippen LogP contribution < -0.4 is 0 Å². The van der Waals surface area contributed by atoms with Gasteiger partial charge in [0.2, 0.25) is 8.32 Å². The Hall–Kier alpha value is -0.503. The van der Waals surface area contributed by atoms with Crippen LogP contribution in [0.1, 0.15) is 47.0 Å². The molecule has 0 bridgehead atoms. The van der Waals surface area contributed by atoms with Crippen molar-refractivity contribution in [3.05, 3.63) is 24.5 Å². The van der Waals surface area contributed by atoms with E-state index in [1.165, 1.54) is 0 Å². The molecular formula is C14H28OSi. The third-order valence-corrected chi connectivity index (χ3v) is 7.60. The van der Waals surface area contributed by atoms with Crippen LogP contribution >= 0.6 is 0 Å². The van der Waals surface area contributed by atoms with Crippen molar-refractivity contribution in [2.24, 2.45) is 0 Å². The molecule has 0 aliphatic heterocycles. The van der Waals surface area contributed by atoms with Crippen LogP contribution in [0.25, 0.3) is 0 Å². The maximum atomic E-state index is 6.30. The number of allylic oxidation sites excluding steroid dienone is 3. The molecule has 0 saturated heterocycles. The molecule has 0 aromatic rings. The van der Waals surface area contributed by atoms with Gasteiger partial charge in [-0.05, 0) is 37.0 Å². The van der Waals surface area contributed by atoms with Gasteiger partial charge in [-0.15, -0.1) is 6.58 Å². The summed E-state index contributed by atoms with van der Waals surface area (Å²) in [5.41, 5.74) is 0. The van der Waals surface area contributed by atoms with Gasteiger partial charge in [-0.3, -0.25) is 0 Å². The molecule has 94 valence electrons. The summed E-state index contributed by atoms with van der Waals surface area (Å²) in [5.74, 6) is 1.16. The van der Waals surface area contributed by atoms with E-state index in [-0.39, 0.29) is 5.04 Å². The van der Waals surface area contributed by atoms with E-state index in [1.807, 2.05) is 6.08 Å². The van der Waals surface area contributed by atoms with Gasteiger partial charge < -0.3 is 4.43 Å². The van der Waals surface area contributed by atoms with Gasteiger partial charge >= 0.3 is 0 Å². The molecule has 0 amide bonds. The van der Waals surface area contributed by atoms with Crippen LogP contribution in [0.5, 0.6) is 0 Å². The Morgan fingerprint density at radius 3 is 2.25 bits per heavy atom. The zero-order valence-electron chi connectivity index (χ0n) is 11.9. The molecule has 16 heavy (non-hydrogen) atoms. The van der Waals surface area contributed by atoms with E-state index in [4.69, 9.17) is 4.43 Å². The Balaban J connectivity index is 4.62. The topological polar surface area (TPSA) is 9.23 Å². The first kappa shape index (κ1) is 15.5. The van der Waals surface area contributed by atoms with Crippen LogP contribution in [0.15, 0.2) is 24.5 Å². The average molecular weight is 240 g/mol. The Bertz CT molecular complexity index is 246. The quantitative estimate of drug-likeness (QED) is 0.349. The molecule has 0 unspecified atom stereocenters. The lowest BCUT2D eigenvalue weighted by Gasteiger charge is -2.37. The highest BCUT2D eigenvalue weighted by Crippen LogP contribution is 2.38. The standard InChI is InChI=1S/C14H28OSi/c1-8-10-12-13(11-9-2)15-16(6,7)14(3,4)5/h8,11H,1,9-10,12H2,2-7H3/b13-11-. The van der Waals surface area contributed by atoms with Crippen LogP contribution in [0.3, 0.4) is 0 Å². The van der Waals surface area contributed by atoms with Gasteiger partial charge in [0.15, 0.2) is 0 Å². The minimum atomic E-state index is -1.66. The average Bonchev–Trinajstić information content (AvgIpc) is 2.12. The monoisotopic (exact) mass is 240 g/mol. The molecule has 0 aliphatic carbocycles. The second-order valence-electron chi connectivity index (χ2n) is 5.77. The minimum Gasteiger partial charge on any atom is -0.547 e. The van der Waals surface area contributed by atoms with Crippen molar-refractivity contribution in [3.63, 3.8) is 0 Å². The molecule has 0 saturated carbocycles. The Morgan fingerprint density at radius 1 is 1.31 bits per heavy atom. The fraction of sp³-hybridized carbons (Fsp3) is 0.714. The summed E-state index contributed by atoms with van der Waals surface area (Å²) in [6.07, 6.45) is 7.20. The Labute approximate surface area is 103 Å². The molecule has 0 heterocycles. The first-order chi connectivity index (χ1) is 7.24. The molecule has 0 aromatic carbocycles. The fourth-order valence-corrected chi connectivity index (χ4v) is 2.29. The van der Waals surface area contributed by atoms with Crippen molar-refractivity contribution < 1.29 is 4.43 Å². The van der Waals surface area contributed by atoms with Crippen LogP contribution in [-0.4, -0.2) is 8.32 Å². The molecule has 0 atom stereocenters. The van der Waals surface area contributed by atoms with Gasteiger partial charge in [0.25, 0.3) is 0 Å². The zero-order chi connectivity index (χ0) is 12.8. The number of hydrogen-bond donors (Lipinski definition) is 0. The molecule has 1 nitrogen and oxygen atoms in total. The maximum absolute atomic E-state index is 6.30. The summed E-state index contributed by atoms with van der Waals surface area (Å²) < 4.78 is 6.30. The summed E-state index contributed by atoms with van der Waals surface area (Å²) in [6.45, 7) is 17.3. The summed E-state index contributed by atoms with van der Waals surface area (Å²) in [5, 5.41) is 0.272. The maximum Gasteiger partial charge on any atom is 0.250 e. The van der Waals surface area contributed by atoms with E-state index in [2.05, 4.69) is 53.4 Å². The lowest BCUT2D eigenvalue weighted by Crippen LogP contribution is -2.40. The Morgan fingerprint density at radius 2 is 1.88 bits per heavy atom. The van der Waals surface area contributed by atoms with E-state index in [9.17, 15) is 0 Å². The Kier molecular flexibility index (Phi) is 6.09. The largest absolute Gasteiger partial charge is 0.547 e. The van der Waals surface area contributed by atoms with Crippen LogP contribution in [0.4, 0.5) is 0 Å². The van der Waals surface area contributed by atoms with Gasteiger partial charge in [-0.2, -0.15) is 0 Å². The molecule has 0 rings (SSSR count). The smallest absolute Gasteiger partial charge is 0.250 e. The highest BCUT2D eigenvalue weighted by Gasteiger charge is 2.39. The first-order valence-electron chi connectivity index (χ1n) is 6.23. The van der Waals surface area contributed by atoms with Crippen LogP contribution in [0.2, 0.25) is 18.1 Å². The van der Waals surface area contributed by atoms with E-state index in [0.717, 1.165) is 25.0 Å². The van der Waals surface area contributed by atoms with E-state index < -0.39 is 8.32 Å². The van der Waals surface area contributed by atoms with E-state index >= 15 is 0 Å². The zero-order valence-corrected chi connectivity index (χ0v) is 12.9. The van der Waals surface area contributed by atoms with Crippen LogP contribution in [-0.2, 0) is 4.43 Å². The third kappa shape index (κ3) is 5.02. The third-order valence-electron chi connectivity index (χ3n) is 3.22. The van der Waals surface area contributed by atoms with E-state index in [1.54, 1.807) is 0 Å². The van der Waals surface area contributed by atoms with E-state index in [0.29, 0.717) is 0 Å². The molecule has 0 spiro atoms. The van der Waals surface area contributed by atoms with Crippen molar-refractivity contribution in [2.75, 3.05) is 0 Å². The second-order valence-corrected chi connectivity index (χ2v) is 10.5. The molecule has 0 aromatic heterocycles. The predicted molar refractivity (Wildman–Crippen MR) is 76.1 cm³/mol. The van der Waals surface area contributed by atoms with Gasteiger partial charge in [0.05, 0.1) is 5.76 Å². The number of rotatable bonds is 6. The SMILES string of the molecule is C=CCC/C(=C/CC)O[Si](C)(C)C(C)(C)C. The van der Waals surface area contributed by atoms with Crippen molar-refractivity contribution >= 4 is 8.32 Å². The van der Waals surface area contributed by atoms with Gasteiger partial charge in [-0.25, -0.2) is 0 Å². The van der Waals surface area contributed by atoms with Crippen molar-refractivity contribution in [1.29, 1.82) is 0 Å². The number of hydrogen-bond acceptors (Lipinski definition) is 1. The van der Waals surface area contributed by atoms with Crippen molar-refractivity contribution in [1.82, 2.24) is 0 Å². The van der Waals surface area contributed by atoms with Crippen LogP contribution in [0, 0.1) is 0 Å². The minimum absolute atomic E-state index is 0.272. The fourth-order valence-electron chi connectivity index (χ4n) is 1.15.